The molecule has 0 N–H and O–H groups in total. The Bertz CT molecular complexity index is 658. The van der Waals surface area contributed by atoms with Crippen LogP contribution in [-0.2, 0) is 9.53 Å². The van der Waals surface area contributed by atoms with Gasteiger partial charge in [0.25, 0.3) is 0 Å². The van der Waals surface area contributed by atoms with Gasteiger partial charge in [-0.25, -0.2) is 4.79 Å². The normalized spacial score (nSPS) is 16.3. The van der Waals surface area contributed by atoms with Crippen molar-refractivity contribution in [1.29, 1.82) is 0 Å². The summed E-state index contributed by atoms with van der Waals surface area (Å²) in [5, 5.41) is 0. The van der Waals surface area contributed by atoms with E-state index in [9.17, 15) is 4.79 Å². The smallest absolute Gasteiger partial charge is 0.343 e. The van der Waals surface area contributed by atoms with Crippen molar-refractivity contribution in [2.45, 2.75) is 0 Å². The molecule has 0 unspecified atom stereocenters. The van der Waals surface area contributed by atoms with E-state index in [1.807, 2.05) is 42.5 Å². The molecule has 0 spiro atoms. The Morgan fingerprint density at radius 2 is 1.89 bits per heavy atom. The third-order valence-corrected chi connectivity index (χ3v) is 2.79. The Morgan fingerprint density at radius 3 is 2.63 bits per heavy atom. The van der Waals surface area contributed by atoms with Gasteiger partial charge < -0.3 is 4.74 Å². The topological polar surface area (TPSA) is 39.2 Å². The molecule has 0 saturated heterocycles. The molecule has 0 aliphatic carbocycles. The molecule has 1 aromatic carbocycles. The lowest BCUT2D eigenvalue weighted by Gasteiger charge is -1.99. The number of hydrogen-bond acceptors (Lipinski definition) is 3. The van der Waals surface area contributed by atoms with E-state index in [2.05, 4.69) is 4.98 Å². The van der Waals surface area contributed by atoms with Crippen LogP contribution in [-0.4, -0.2) is 11.0 Å². The maximum absolute atomic E-state index is 11.8. The van der Waals surface area contributed by atoms with Gasteiger partial charge in [-0.2, -0.15) is 0 Å². The van der Waals surface area contributed by atoms with Gasteiger partial charge >= 0.3 is 5.97 Å². The number of cyclic esters (lactones) is 1. The van der Waals surface area contributed by atoms with E-state index >= 15 is 0 Å². The minimum absolute atomic E-state index is 0.331. The standard InChI is InChI=1S/C16H11NO2/c18-16-14(9-12-5-4-8-17-11-12)10-15(19-16)13-6-2-1-3-7-13/h1-11H/b14-9+. The lowest BCUT2D eigenvalue weighted by molar-refractivity contribution is -0.130. The molecule has 1 aromatic heterocycles. The first-order valence-corrected chi connectivity index (χ1v) is 5.94. The monoisotopic (exact) mass is 249 g/mol. The van der Waals surface area contributed by atoms with Crippen molar-refractivity contribution in [1.82, 2.24) is 4.98 Å². The van der Waals surface area contributed by atoms with Crippen molar-refractivity contribution in [3.8, 4) is 0 Å². The maximum atomic E-state index is 11.8. The van der Waals surface area contributed by atoms with Crippen molar-refractivity contribution in [2.24, 2.45) is 0 Å². The Hall–Kier alpha value is -2.68. The number of nitrogens with zero attached hydrogens (tertiary/aromatic N) is 1. The molecule has 0 radical (unpaired) electrons. The van der Waals surface area contributed by atoms with Crippen molar-refractivity contribution in [3.63, 3.8) is 0 Å². The average molecular weight is 249 g/mol. The highest BCUT2D eigenvalue weighted by molar-refractivity contribution is 6.05. The van der Waals surface area contributed by atoms with Gasteiger partial charge in [-0.05, 0) is 23.8 Å². The van der Waals surface area contributed by atoms with Crippen LogP contribution in [0.3, 0.4) is 0 Å². The number of carbonyl (C=O) groups excluding carboxylic acids is 1. The Balaban J connectivity index is 1.94. The van der Waals surface area contributed by atoms with Crippen molar-refractivity contribution in [2.75, 3.05) is 0 Å². The van der Waals surface area contributed by atoms with Crippen molar-refractivity contribution in [3.05, 3.63) is 77.6 Å². The summed E-state index contributed by atoms with van der Waals surface area (Å²) in [7, 11) is 0. The fourth-order valence-electron chi connectivity index (χ4n) is 1.87. The van der Waals surface area contributed by atoms with E-state index in [-0.39, 0.29) is 5.97 Å². The van der Waals surface area contributed by atoms with Crippen LogP contribution in [0.25, 0.3) is 11.8 Å². The molecule has 2 aromatic rings. The quantitative estimate of drug-likeness (QED) is 0.606. The number of rotatable bonds is 2. The van der Waals surface area contributed by atoms with Gasteiger partial charge in [0, 0.05) is 18.0 Å². The number of carbonyl (C=O) groups is 1. The second kappa shape index (κ2) is 4.90. The van der Waals surface area contributed by atoms with Crippen molar-refractivity contribution < 1.29 is 9.53 Å². The summed E-state index contributed by atoms with van der Waals surface area (Å²) < 4.78 is 5.27. The predicted octanol–water partition coefficient (Wildman–Crippen LogP) is 3.06. The molecule has 1 aliphatic rings. The first-order valence-electron chi connectivity index (χ1n) is 5.94. The first-order chi connectivity index (χ1) is 9.33. The van der Waals surface area contributed by atoms with Gasteiger partial charge in [0.05, 0.1) is 5.57 Å². The molecule has 92 valence electrons. The summed E-state index contributed by atoms with van der Waals surface area (Å²) in [4.78, 5) is 15.8. The zero-order chi connectivity index (χ0) is 13.1. The van der Waals surface area contributed by atoms with E-state index in [0.717, 1.165) is 11.1 Å². The number of esters is 1. The van der Waals surface area contributed by atoms with E-state index in [1.165, 1.54) is 0 Å². The molecule has 0 amide bonds. The molecule has 0 atom stereocenters. The lowest BCUT2D eigenvalue weighted by Crippen LogP contribution is -1.97. The highest BCUT2D eigenvalue weighted by atomic mass is 16.5. The van der Waals surface area contributed by atoms with Gasteiger partial charge in [-0.1, -0.05) is 36.4 Å². The minimum atomic E-state index is -0.331. The lowest BCUT2D eigenvalue weighted by atomic mass is 10.1. The Labute approximate surface area is 110 Å². The fraction of sp³-hybridized carbons (Fsp3) is 0. The van der Waals surface area contributed by atoms with Gasteiger partial charge in [0.15, 0.2) is 0 Å². The average Bonchev–Trinajstić information content (AvgIpc) is 2.82. The molecular formula is C16H11NO2. The second-order valence-electron chi connectivity index (χ2n) is 4.15. The summed E-state index contributed by atoms with van der Waals surface area (Å²) >= 11 is 0. The molecule has 3 nitrogen and oxygen atoms in total. The summed E-state index contributed by atoms with van der Waals surface area (Å²) in [6.45, 7) is 0. The van der Waals surface area contributed by atoms with Crippen LogP contribution >= 0.6 is 0 Å². The number of aromatic nitrogens is 1. The minimum Gasteiger partial charge on any atom is -0.422 e. The largest absolute Gasteiger partial charge is 0.422 e. The van der Waals surface area contributed by atoms with Crippen LogP contribution in [0.5, 0.6) is 0 Å². The van der Waals surface area contributed by atoms with Gasteiger partial charge in [0.2, 0.25) is 0 Å². The third kappa shape index (κ3) is 2.45. The van der Waals surface area contributed by atoms with Crippen LogP contribution in [0.4, 0.5) is 0 Å². The second-order valence-corrected chi connectivity index (χ2v) is 4.15. The summed E-state index contributed by atoms with van der Waals surface area (Å²) in [6, 6.07) is 13.3. The summed E-state index contributed by atoms with van der Waals surface area (Å²) in [5.74, 6) is 0.253. The van der Waals surface area contributed by atoms with Gasteiger partial charge in [-0.15, -0.1) is 0 Å². The fourth-order valence-corrected chi connectivity index (χ4v) is 1.87. The molecule has 19 heavy (non-hydrogen) atoms. The van der Waals surface area contributed by atoms with Crippen LogP contribution in [0.2, 0.25) is 0 Å². The zero-order valence-electron chi connectivity index (χ0n) is 10.1. The van der Waals surface area contributed by atoms with Crippen LogP contribution < -0.4 is 0 Å². The maximum Gasteiger partial charge on any atom is 0.343 e. The molecular weight excluding hydrogens is 238 g/mol. The number of hydrogen-bond donors (Lipinski definition) is 0. The van der Waals surface area contributed by atoms with E-state index in [4.69, 9.17) is 4.74 Å². The number of pyridine rings is 1. The molecule has 0 fully saturated rings. The van der Waals surface area contributed by atoms with E-state index < -0.39 is 0 Å². The van der Waals surface area contributed by atoms with Crippen LogP contribution in [0.1, 0.15) is 11.1 Å². The zero-order valence-corrected chi connectivity index (χ0v) is 10.1. The highest BCUT2D eigenvalue weighted by Gasteiger charge is 2.21. The Morgan fingerprint density at radius 1 is 1.05 bits per heavy atom. The number of benzene rings is 1. The summed E-state index contributed by atoms with van der Waals surface area (Å²) in [6.07, 6.45) is 6.92. The van der Waals surface area contributed by atoms with Gasteiger partial charge in [-0.3, -0.25) is 4.98 Å². The Kier molecular flexibility index (Phi) is 2.94. The third-order valence-electron chi connectivity index (χ3n) is 2.79. The molecule has 1 aliphatic heterocycles. The van der Waals surface area contributed by atoms with Crippen LogP contribution in [0, 0.1) is 0 Å². The molecule has 0 bridgehead atoms. The van der Waals surface area contributed by atoms with E-state index in [1.54, 1.807) is 24.5 Å². The highest BCUT2D eigenvalue weighted by Crippen LogP contribution is 2.26. The predicted molar refractivity (Wildman–Crippen MR) is 72.7 cm³/mol. The van der Waals surface area contributed by atoms with Gasteiger partial charge in [0.1, 0.15) is 5.76 Å². The SMILES string of the molecule is O=C1OC(c2ccccc2)=C/C1=C\c1cccnc1. The molecule has 0 saturated carbocycles. The first kappa shape index (κ1) is 11.4. The summed E-state index contributed by atoms with van der Waals surface area (Å²) in [5.41, 5.74) is 2.30. The molecule has 3 rings (SSSR count). The van der Waals surface area contributed by atoms with E-state index in [0.29, 0.717) is 11.3 Å². The van der Waals surface area contributed by atoms with Crippen molar-refractivity contribution >= 4 is 17.8 Å². The molecule has 3 heteroatoms. The number of ether oxygens (including phenoxy) is 1. The molecule has 2 heterocycles. The van der Waals surface area contributed by atoms with Crippen LogP contribution in [0.15, 0.2) is 66.5 Å².